The molecule has 0 aliphatic rings. The highest BCUT2D eigenvalue weighted by molar-refractivity contribution is 5.76. The Labute approximate surface area is 97.7 Å². The van der Waals surface area contributed by atoms with Gasteiger partial charge in [-0.05, 0) is 6.42 Å². The molecule has 0 amide bonds. The van der Waals surface area contributed by atoms with Gasteiger partial charge in [-0.15, -0.1) is 0 Å². The van der Waals surface area contributed by atoms with Crippen molar-refractivity contribution in [1.82, 2.24) is 9.55 Å². The summed E-state index contributed by atoms with van der Waals surface area (Å²) in [6.45, 7) is 2.55. The van der Waals surface area contributed by atoms with E-state index in [0.717, 1.165) is 18.0 Å². The minimum atomic E-state index is -0.882. The summed E-state index contributed by atoms with van der Waals surface area (Å²) in [6.07, 6.45) is 1.25. The standard InChI is InChI=1S/C12H14F2N2O/c1-2-12-15-10-6-8(13)9(14)7-11(10)16(12)4-3-5-17/h6-7,17H,2-5H2,1H3. The van der Waals surface area contributed by atoms with Crippen LogP contribution in [0.5, 0.6) is 0 Å². The predicted octanol–water partition coefficient (Wildman–Crippen LogP) is 2.26. The maximum atomic E-state index is 13.2. The number of halogens is 2. The first-order valence-corrected chi connectivity index (χ1v) is 5.62. The summed E-state index contributed by atoms with van der Waals surface area (Å²) in [7, 11) is 0. The Bertz CT molecular complexity index is 537. The van der Waals surface area contributed by atoms with Crippen LogP contribution in [0.3, 0.4) is 0 Å². The van der Waals surface area contributed by atoms with Crippen molar-refractivity contribution in [2.45, 2.75) is 26.3 Å². The van der Waals surface area contributed by atoms with E-state index >= 15 is 0 Å². The molecule has 0 saturated heterocycles. The fraction of sp³-hybridized carbons (Fsp3) is 0.417. The van der Waals surface area contributed by atoms with Gasteiger partial charge in [0, 0.05) is 31.7 Å². The van der Waals surface area contributed by atoms with E-state index in [9.17, 15) is 8.78 Å². The number of benzene rings is 1. The fourth-order valence-electron chi connectivity index (χ4n) is 1.92. The predicted molar refractivity (Wildman–Crippen MR) is 60.7 cm³/mol. The van der Waals surface area contributed by atoms with E-state index in [1.54, 1.807) is 0 Å². The van der Waals surface area contributed by atoms with Gasteiger partial charge in [-0.2, -0.15) is 0 Å². The number of aromatic nitrogens is 2. The van der Waals surface area contributed by atoms with Crippen LogP contribution in [0.15, 0.2) is 12.1 Å². The van der Waals surface area contributed by atoms with Crippen molar-refractivity contribution in [2.24, 2.45) is 0 Å². The van der Waals surface area contributed by atoms with E-state index in [4.69, 9.17) is 5.11 Å². The Hall–Kier alpha value is -1.49. The Kier molecular flexibility index (Phi) is 3.38. The average molecular weight is 240 g/mol. The highest BCUT2D eigenvalue weighted by Gasteiger charge is 2.12. The number of nitrogens with zero attached hydrogens (tertiary/aromatic N) is 2. The van der Waals surface area contributed by atoms with E-state index in [1.807, 2.05) is 11.5 Å². The van der Waals surface area contributed by atoms with E-state index in [-0.39, 0.29) is 6.61 Å². The minimum Gasteiger partial charge on any atom is -0.396 e. The molecule has 1 N–H and O–H groups in total. The summed E-state index contributed by atoms with van der Waals surface area (Å²) in [5.74, 6) is -0.976. The molecular weight excluding hydrogens is 226 g/mol. The number of fused-ring (bicyclic) bond motifs is 1. The molecule has 0 saturated carbocycles. The third-order valence-corrected chi connectivity index (χ3v) is 2.73. The second-order valence-electron chi connectivity index (χ2n) is 3.87. The number of aryl methyl sites for hydroxylation is 2. The van der Waals surface area contributed by atoms with E-state index in [1.165, 1.54) is 0 Å². The van der Waals surface area contributed by atoms with Crippen LogP contribution in [-0.2, 0) is 13.0 Å². The van der Waals surface area contributed by atoms with Crippen molar-refractivity contribution < 1.29 is 13.9 Å². The molecule has 0 radical (unpaired) electrons. The largest absolute Gasteiger partial charge is 0.396 e. The van der Waals surface area contributed by atoms with Crippen LogP contribution in [-0.4, -0.2) is 21.3 Å². The second kappa shape index (κ2) is 4.79. The smallest absolute Gasteiger partial charge is 0.161 e. The van der Waals surface area contributed by atoms with Gasteiger partial charge in [0.2, 0.25) is 0 Å². The molecular formula is C12H14F2N2O. The monoisotopic (exact) mass is 240 g/mol. The molecule has 0 unspecified atom stereocenters. The quantitative estimate of drug-likeness (QED) is 0.890. The number of hydrogen-bond acceptors (Lipinski definition) is 2. The van der Waals surface area contributed by atoms with Crippen molar-refractivity contribution in [3.8, 4) is 0 Å². The van der Waals surface area contributed by atoms with Gasteiger partial charge in [-0.25, -0.2) is 13.8 Å². The van der Waals surface area contributed by atoms with Gasteiger partial charge in [-0.1, -0.05) is 6.92 Å². The fourth-order valence-corrected chi connectivity index (χ4v) is 1.92. The lowest BCUT2D eigenvalue weighted by molar-refractivity contribution is 0.280. The molecule has 1 heterocycles. The molecule has 3 nitrogen and oxygen atoms in total. The van der Waals surface area contributed by atoms with Gasteiger partial charge in [0.1, 0.15) is 5.82 Å². The number of imidazole rings is 1. The molecule has 2 rings (SSSR count). The topological polar surface area (TPSA) is 38.0 Å². The molecule has 5 heteroatoms. The second-order valence-corrected chi connectivity index (χ2v) is 3.87. The highest BCUT2D eigenvalue weighted by Crippen LogP contribution is 2.20. The molecule has 17 heavy (non-hydrogen) atoms. The maximum absolute atomic E-state index is 13.2. The summed E-state index contributed by atoms with van der Waals surface area (Å²) >= 11 is 0. The third-order valence-electron chi connectivity index (χ3n) is 2.73. The molecule has 0 aliphatic carbocycles. The van der Waals surface area contributed by atoms with Gasteiger partial charge >= 0.3 is 0 Å². The van der Waals surface area contributed by atoms with Gasteiger partial charge in [0.05, 0.1) is 11.0 Å². The Morgan fingerprint density at radius 2 is 2.00 bits per heavy atom. The van der Waals surface area contributed by atoms with Crippen molar-refractivity contribution in [2.75, 3.05) is 6.61 Å². The zero-order chi connectivity index (χ0) is 12.4. The lowest BCUT2D eigenvalue weighted by Crippen LogP contribution is -2.04. The zero-order valence-corrected chi connectivity index (χ0v) is 9.58. The molecule has 0 fully saturated rings. The van der Waals surface area contributed by atoms with Crippen molar-refractivity contribution in [3.05, 3.63) is 29.6 Å². The Morgan fingerprint density at radius 3 is 2.65 bits per heavy atom. The molecule has 0 atom stereocenters. The third kappa shape index (κ3) is 2.15. The summed E-state index contributed by atoms with van der Waals surface area (Å²) in [4.78, 5) is 4.26. The van der Waals surface area contributed by atoms with Crippen molar-refractivity contribution in [1.29, 1.82) is 0 Å². The first-order chi connectivity index (χ1) is 8.17. The van der Waals surface area contributed by atoms with E-state index in [0.29, 0.717) is 30.4 Å². The number of rotatable bonds is 4. The summed E-state index contributed by atoms with van der Waals surface area (Å²) in [5, 5.41) is 8.83. The van der Waals surface area contributed by atoms with Gasteiger partial charge < -0.3 is 9.67 Å². The maximum Gasteiger partial charge on any atom is 0.161 e. The SMILES string of the molecule is CCc1nc2cc(F)c(F)cc2n1CCCO. The van der Waals surface area contributed by atoms with E-state index in [2.05, 4.69) is 4.98 Å². The minimum absolute atomic E-state index is 0.0620. The van der Waals surface area contributed by atoms with Crippen LogP contribution in [0.4, 0.5) is 8.78 Å². The highest BCUT2D eigenvalue weighted by atomic mass is 19.2. The van der Waals surface area contributed by atoms with Crippen molar-refractivity contribution >= 4 is 11.0 Å². The number of aliphatic hydroxyl groups excluding tert-OH is 1. The molecule has 1 aromatic carbocycles. The van der Waals surface area contributed by atoms with Gasteiger partial charge in [0.15, 0.2) is 11.6 Å². The van der Waals surface area contributed by atoms with Crippen LogP contribution in [0.25, 0.3) is 11.0 Å². The van der Waals surface area contributed by atoms with Crippen LogP contribution in [0, 0.1) is 11.6 Å². The molecule has 1 aromatic heterocycles. The summed E-state index contributed by atoms with van der Waals surface area (Å²) in [5.41, 5.74) is 1.04. The number of hydrogen-bond donors (Lipinski definition) is 1. The zero-order valence-electron chi connectivity index (χ0n) is 9.58. The lowest BCUT2D eigenvalue weighted by Gasteiger charge is -2.06. The normalized spacial score (nSPS) is 11.3. The summed E-state index contributed by atoms with van der Waals surface area (Å²) in [6, 6.07) is 2.27. The van der Waals surface area contributed by atoms with E-state index < -0.39 is 11.6 Å². The van der Waals surface area contributed by atoms with Crippen LogP contribution in [0.2, 0.25) is 0 Å². The van der Waals surface area contributed by atoms with Crippen LogP contribution in [0.1, 0.15) is 19.2 Å². The van der Waals surface area contributed by atoms with Crippen LogP contribution < -0.4 is 0 Å². The molecule has 0 bridgehead atoms. The van der Waals surface area contributed by atoms with Gasteiger partial charge in [-0.3, -0.25) is 0 Å². The molecule has 2 aromatic rings. The molecule has 0 aliphatic heterocycles. The number of aliphatic hydroxyl groups is 1. The summed E-state index contributed by atoms with van der Waals surface area (Å²) < 4.78 is 28.1. The Morgan fingerprint density at radius 1 is 1.29 bits per heavy atom. The first-order valence-electron chi connectivity index (χ1n) is 5.62. The average Bonchev–Trinajstić information content (AvgIpc) is 2.64. The van der Waals surface area contributed by atoms with Crippen molar-refractivity contribution in [3.63, 3.8) is 0 Å². The lowest BCUT2D eigenvalue weighted by atomic mass is 10.3. The van der Waals surface area contributed by atoms with Crippen LogP contribution >= 0.6 is 0 Å². The first kappa shape index (κ1) is 12.0. The molecule has 92 valence electrons. The van der Waals surface area contributed by atoms with Gasteiger partial charge in [0.25, 0.3) is 0 Å². The molecule has 0 spiro atoms. The Balaban J connectivity index is 2.57.